The number of benzene rings is 2. The standard InChI is InChI=1S/C14H9BrClFN2O/c15-11-4-5-13(17)10(6-11)8-18-19-14(20)9-2-1-3-12(16)7-9/h1-8H,(H,19,20). The SMILES string of the molecule is O=C(NN=Cc1cc(Br)ccc1F)c1cccc(Cl)c1. The predicted molar refractivity (Wildman–Crippen MR) is 80.6 cm³/mol. The lowest BCUT2D eigenvalue weighted by molar-refractivity contribution is 0.0955. The summed E-state index contributed by atoms with van der Waals surface area (Å²) < 4.78 is 14.2. The number of hydrogen-bond acceptors (Lipinski definition) is 2. The summed E-state index contributed by atoms with van der Waals surface area (Å²) in [5.41, 5.74) is 2.96. The molecule has 0 aliphatic rings. The van der Waals surface area contributed by atoms with Crippen molar-refractivity contribution in [3.63, 3.8) is 0 Å². The maximum atomic E-state index is 13.4. The van der Waals surface area contributed by atoms with Gasteiger partial charge in [-0.1, -0.05) is 33.6 Å². The van der Waals surface area contributed by atoms with Crippen molar-refractivity contribution in [2.24, 2.45) is 5.10 Å². The van der Waals surface area contributed by atoms with Crippen LogP contribution in [0.3, 0.4) is 0 Å². The van der Waals surface area contributed by atoms with E-state index in [1.54, 1.807) is 30.3 Å². The lowest BCUT2D eigenvalue weighted by Gasteiger charge is -2.01. The van der Waals surface area contributed by atoms with Crippen LogP contribution in [0.5, 0.6) is 0 Å². The Kier molecular flexibility index (Phi) is 4.87. The van der Waals surface area contributed by atoms with E-state index in [4.69, 9.17) is 11.6 Å². The molecule has 0 bridgehead atoms. The Bertz CT molecular complexity index is 676. The van der Waals surface area contributed by atoms with Crippen LogP contribution in [0, 0.1) is 5.82 Å². The zero-order valence-electron chi connectivity index (χ0n) is 10.1. The molecule has 0 heterocycles. The Morgan fingerprint density at radius 3 is 2.85 bits per heavy atom. The Labute approximate surface area is 128 Å². The van der Waals surface area contributed by atoms with Gasteiger partial charge in [0.1, 0.15) is 5.82 Å². The quantitative estimate of drug-likeness (QED) is 0.656. The third kappa shape index (κ3) is 3.88. The third-order valence-corrected chi connectivity index (χ3v) is 3.14. The molecule has 0 atom stereocenters. The number of carbonyl (C=O) groups excluding carboxylic acids is 1. The normalized spacial score (nSPS) is 10.8. The van der Waals surface area contributed by atoms with Crippen LogP contribution in [0.25, 0.3) is 0 Å². The van der Waals surface area contributed by atoms with Gasteiger partial charge < -0.3 is 0 Å². The number of nitrogens with one attached hydrogen (secondary N) is 1. The summed E-state index contributed by atoms with van der Waals surface area (Å²) in [6.07, 6.45) is 1.24. The average molecular weight is 356 g/mol. The summed E-state index contributed by atoms with van der Waals surface area (Å²) in [7, 11) is 0. The van der Waals surface area contributed by atoms with E-state index in [-0.39, 0.29) is 5.56 Å². The number of halogens is 3. The Hall–Kier alpha value is -1.72. The van der Waals surface area contributed by atoms with E-state index in [0.717, 1.165) is 4.47 Å². The molecule has 0 aliphatic heterocycles. The van der Waals surface area contributed by atoms with Crippen molar-refractivity contribution in [1.82, 2.24) is 5.43 Å². The van der Waals surface area contributed by atoms with Crippen molar-refractivity contribution in [3.8, 4) is 0 Å². The van der Waals surface area contributed by atoms with E-state index < -0.39 is 11.7 Å². The highest BCUT2D eigenvalue weighted by Crippen LogP contribution is 2.14. The minimum Gasteiger partial charge on any atom is -0.267 e. The highest BCUT2D eigenvalue weighted by molar-refractivity contribution is 9.10. The Balaban J connectivity index is 2.06. The first-order valence-electron chi connectivity index (χ1n) is 5.60. The molecule has 2 aromatic rings. The van der Waals surface area contributed by atoms with E-state index >= 15 is 0 Å². The summed E-state index contributed by atoms with van der Waals surface area (Å²) in [4.78, 5) is 11.8. The third-order valence-electron chi connectivity index (χ3n) is 2.41. The minimum absolute atomic E-state index is 0.269. The average Bonchev–Trinajstić information content (AvgIpc) is 2.42. The molecule has 0 saturated heterocycles. The predicted octanol–water partition coefficient (Wildman–Crippen LogP) is 4.01. The van der Waals surface area contributed by atoms with E-state index in [1.165, 1.54) is 18.3 Å². The molecule has 2 aromatic carbocycles. The number of nitrogens with zero attached hydrogens (tertiary/aromatic N) is 1. The maximum absolute atomic E-state index is 13.4. The van der Waals surface area contributed by atoms with E-state index in [0.29, 0.717) is 10.6 Å². The highest BCUT2D eigenvalue weighted by Gasteiger charge is 2.04. The van der Waals surface area contributed by atoms with E-state index in [1.807, 2.05) is 0 Å². The second-order valence-corrected chi connectivity index (χ2v) is 5.23. The fourth-order valence-corrected chi connectivity index (χ4v) is 2.04. The van der Waals surface area contributed by atoms with Gasteiger partial charge >= 0.3 is 0 Å². The van der Waals surface area contributed by atoms with Crippen molar-refractivity contribution in [3.05, 3.63) is 68.9 Å². The van der Waals surface area contributed by atoms with Gasteiger partial charge in [0.05, 0.1) is 6.21 Å². The molecule has 0 spiro atoms. The molecule has 0 aliphatic carbocycles. The van der Waals surface area contributed by atoms with E-state index in [2.05, 4.69) is 26.5 Å². The first-order valence-corrected chi connectivity index (χ1v) is 6.77. The first-order chi connectivity index (χ1) is 9.56. The fourth-order valence-electron chi connectivity index (χ4n) is 1.47. The van der Waals surface area contributed by atoms with Crippen LogP contribution < -0.4 is 5.43 Å². The fraction of sp³-hybridized carbons (Fsp3) is 0. The molecule has 0 radical (unpaired) electrons. The number of carbonyl (C=O) groups is 1. The van der Waals surface area contributed by atoms with Gasteiger partial charge in [-0.15, -0.1) is 0 Å². The largest absolute Gasteiger partial charge is 0.271 e. The zero-order valence-corrected chi connectivity index (χ0v) is 12.5. The summed E-state index contributed by atoms with van der Waals surface area (Å²) in [5.74, 6) is -0.840. The monoisotopic (exact) mass is 354 g/mol. The van der Waals surface area contributed by atoms with Crippen LogP contribution in [-0.4, -0.2) is 12.1 Å². The second-order valence-electron chi connectivity index (χ2n) is 3.88. The Morgan fingerprint density at radius 1 is 1.30 bits per heavy atom. The smallest absolute Gasteiger partial charge is 0.267 e. The number of amides is 1. The van der Waals surface area contributed by atoms with Gasteiger partial charge in [-0.05, 0) is 36.4 Å². The van der Waals surface area contributed by atoms with Crippen LogP contribution in [-0.2, 0) is 0 Å². The minimum atomic E-state index is -0.422. The lowest BCUT2D eigenvalue weighted by Crippen LogP contribution is -2.17. The van der Waals surface area contributed by atoms with Crippen LogP contribution in [0.2, 0.25) is 5.02 Å². The van der Waals surface area contributed by atoms with Gasteiger partial charge in [0.15, 0.2) is 0 Å². The molecule has 2 rings (SSSR count). The molecule has 20 heavy (non-hydrogen) atoms. The molecular weight excluding hydrogens is 347 g/mol. The molecule has 0 saturated carbocycles. The maximum Gasteiger partial charge on any atom is 0.271 e. The lowest BCUT2D eigenvalue weighted by atomic mass is 10.2. The topological polar surface area (TPSA) is 41.5 Å². The van der Waals surface area contributed by atoms with Gasteiger partial charge in [0.25, 0.3) is 5.91 Å². The first kappa shape index (κ1) is 14.7. The van der Waals surface area contributed by atoms with Crippen molar-refractivity contribution in [2.45, 2.75) is 0 Å². The van der Waals surface area contributed by atoms with Gasteiger partial charge in [-0.25, -0.2) is 9.82 Å². The summed E-state index contributed by atoms with van der Waals surface area (Å²) in [5, 5.41) is 4.18. The zero-order chi connectivity index (χ0) is 14.5. The van der Waals surface area contributed by atoms with Crippen molar-refractivity contribution in [2.75, 3.05) is 0 Å². The summed E-state index contributed by atoms with van der Waals surface area (Å²) in [6.45, 7) is 0. The number of rotatable bonds is 3. The van der Waals surface area contributed by atoms with Gasteiger partial charge in [0.2, 0.25) is 0 Å². The van der Waals surface area contributed by atoms with Crippen molar-refractivity contribution >= 4 is 39.7 Å². The molecule has 0 unspecified atom stereocenters. The van der Waals surface area contributed by atoms with Crippen LogP contribution >= 0.6 is 27.5 Å². The van der Waals surface area contributed by atoms with Gasteiger partial charge in [-0.2, -0.15) is 5.10 Å². The molecule has 102 valence electrons. The number of hydrazone groups is 1. The van der Waals surface area contributed by atoms with Crippen molar-refractivity contribution < 1.29 is 9.18 Å². The second kappa shape index (κ2) is 6.63. The molecule has 3 nitrogen and oxygen atoms in total. The van der Waals surface area contributed by atoms with Crippen molar-refractivity contribution in [1.29, 1.82) is 0 Å². The molecule has 0 fully saturated rings. The van der Waals surface area contributed by atoms with Crippen LogP contribution in [0.1, 0.15) is 15.9 Å². The number of hydrogen-bond donors (Lipinski definition) is 1. The summed E-state index contributed by atoms with van der Waals surface area (Å²) in [6, 6.07) is 10.9. The molecular formula is C14H9BrClFN2O. The highest BCUT2D eigenvalue weighted by atomic mass is 79.9. The van der Waals surface area contributed by atoms with Crippen LogP contribution in [0.15, 0.2) is 52.0 Å². The summed E-state index contributed by atoms with van der Waals surface area (Å²) >= 11 is 9.02. The molecule has 0 aromatic heterocycles. The van der Waals surface area contributed by atoms with Gasteiger partial charge in [0, 0.05) is 20.6 Å². The molecule has 1 amide bonds. The van der Waals surface area contributed by atoms with Gasteiger partial charge in [-0.3, -0.25) is 4.79 Å². The van der Waals surface area contributed by atoms with E-state index in [9.17, 15) is 9.18 Å². The molecule has 1 N–H and O–H groups in total. The molecule has 6 heteroatoms. The van der Waals surface area contributed by atoms with Crippen LogP contribution in [0.4, 0.5) is 4.39 Å². The Morgan fingerprint density at radius 2 is 2.10 bits per heavy atom.